The number of carbonyl (C=O) groups excluding carboxylic acids is 1. The van der Waals surface area contributed by atoms with Crippen molar-refractivity contribution in [2.45, 2.75) is 31.3 Å². The zero-order valence-corrected chi connectivity index (χ0v) is 13.3. The van der Waals surface area contributed by atoms with E-state index in [0.29, 0.717) is 19.4 Å². The van der Waals surface area contributed by atoms with E-state index in [0.717, 1.165) is 16.5 Å². The Morgan fingerprint density at radius 3 is 2.75 bits per heavy atom. The van der Waals surface area contributed by atoms with Gasteiger partial charge in [0.15, 0.2) is 0 Å². The first-order chi connectivity index (χ1) is 11.5. The van der Waals surface area contributed by atoms with Gasteiger partial charge >= 0.3 is 5.97 Å². The molecule has 7 heteroatoms. The molecule has 1 aromatic carbocycles. The topological polar surface area (TPSA) is 131 Å². The van der Waals surface area contributed by atoms with Crippen LogP contribution in [0.25, 0.3) is 10.9 Å². The van der Waals surface area contributed by atoms with E-state index in [2.05, 4.69) is 10.3 Å². The van der Waals surface area contributed by atoms with Crippen molar-refractivity contribution < 1.29 is 14.7 Å². The zero-order valence-electron chi connectivity index (χ0n) is 13.3. The van der Waals surface area contributed by atoms with E-state index in [1.165, 1.54) is 0 Å². The largest absolute Gasteiger partial charge is 0.480 e. The Balaban J connectivity index is 2.07. The number of nitrogens with zero attached hydrogens (tertiary/aromatic N) is 1. The number of amides is 1. The van der Waals surface area contributed by atoms with E-state index in [1.54, 1.807) is 6.20 Å². The van der Waals surface area contributed by atoms with E-state index in [-0.39, 0.29) is 6.42 Å². The number of hydrogen-bond donors (Lipinski definition) is 4. The van der Waals surface area contributed by atoms with Crippen LogP contribution in [0, 0.1) is 0 Å². The lowest BCUT2D eigenvalue weighted by atomic mass is 10.0. The third-order valence-corrected chi connectivity index (χ3v) is 3.76. The van der Waals surface area contributed by atoms with Gasteiger partial charge in [-0.3, -0.25) is 9.78 Å². The first-order valence-electron chi connectivity index (χ1n) is 7.83. The number of benzene rings is 1. The smallest absolute Gasteiger partial charge is 0.326 e. The number of carbonyl (C=O) groups is 2. The number of nitrogens with one attached hydrogen (secondary N) is 1. The lowest BCUT2D eigenvalue weighted by Gasteiger charge is -2.18. The van der Waals surface area contributed by atoms with Gasteiger partial charge in [-0.1, -0.05) is 18.2 Å². The van der Waals surface area contributed by atoms with Gasteiger partial charge in [0.05, 0.1) is 11.6 Å². The number of fused-ring (bicyclic) bond motifs is 1. The molecule has 0 saturated carbocycles. The predicted molar refractivity (Wildman–Crippen MR) is 91.3 cm³/mol. The number of aliphatic carboxylic acids is 1. The molecule has 0 saturated heterocycles. The number of carboxylic acid groups (broad SMARTS) is 1. The van der Waals surface area contributed by atoms with Gasteiger partial charge in [0.25, 0.3) is 0 Å². The van der Waals surface area contributed by atoms with Crippen LogP contribution in [0.4, 0.5) is 0 Å². The molecule has 0 unspecified atom stereocenters. The summed E-state index contributed by atoms with van der Waals surface area (Å²) < 4.78 is 0. The highest BCUT2D eigenvalue weighted by atomic mass is 16.4. The summed E-state index contributed by atoms with van der Waals surface area (Å²) >= 11 is 0. The summed E-state index contributed by atoms with van der Waals surface area (Å²) in [6.07, 6.45) is 2.80. The third-order valence-electron chi connectivity index (χ3n) is 3.76. The molecular weight excluding hydrogens is 308 g/mol. The number of aromatic nitrogens is 1. The van der Waals surface area contributed by atoms with Gasteiger partial charge in [0.1, 0.15) is 6.04 Å². The van der Waals surface area contributed by atoms with Crippen LogP contribution in [0.5, 0.6) is 0 Å². The maximum atomic E-state index is 12.0. The van der Waals surface area contributed by atoms with Crippen LogP contribution in [0.2, 0.25) is 0 Å². The van der Waals surface area contributed by atoms with E-state index in [4.69, 9.17) is 11.5 Å². The van der Waals surface area contributed by atoms with Gasteiger partial charge in [-0.05, 0) is 37.1 Å². The van der Waals surface area contributed by atoms with Crippen molar-refractivity contribution in [1.29, 1.82) is 0 Å². The molecule has 24 heavy (non-hydrogen) atoms. The highest BCUT2D eigenvalue weighted by Gasteiger charge is 2.23. The molecule has 0 fully saturated rings. The highest BCUT2D eigenvalue weighted by Crippen LogP contribution is 2.14. The Bertz CT molecular complexity index is 720. The monoisotopic (exact) mass is 330 g/mol. The summed E-state index contributed by atoms with van der Waals surface area (Å²) in [5, 5.41) is 12.8. The Hall–Kier alpha value is -2.51. The molecule has 2 rings (SSSR count). The normalized spacial score (nSPS) is 13.4. The van der Waals surface area contributed by atoms with Crippen molar-refractivity contribution >= 4 is 22.8 Å². The average molecular weight is 330 g/mol. The van der Waals surface area contributed by atoms with Crippen LogP contribution in [-0.2, 0) is 16.0 Å². The van der Waals surface area contributed by atoms with Gasteiger partial charge in [-0.15, -0.1) is 0 Å². The Morgan fingerprint density at radius 1 is 1.29 bits per heavy atom. The van der Waals surface area contributed by atoms with Crippen LogP contribution in [0.3, 0.4) is 0 Å². The summed E-state index contributed by atoms with van der Waals surface area (Å²) in [4.78, 5) is 27.8. The molecule has 2 atom stereocenters. The standard InChI is InChI=1S/C17H22N4O3/c18-7-3-5-13(19)16(22)21-15(17(23)24)9-11-8-12-4-1-2-6-14(12)20-10-11/h1-2,4,6,8,10,13,15H,3,5,7,9,18-19H2,(H,21,22)(H,23,24)/t13-,15+/m1/s1. The lowest BCUT2D eigenvalue weighted by molar-refractivity contribution is -0.142. The van der Waals surface area contributed by atoms with Crippen molar-refractivity contribution in [1.82, 2.24) is 10.3 Å². The van der Waals surface area contributed by atoms with Crippen LogP contribution >= 0.6 is 0 Å². The fourth-order valence-corrected chi connectivity index (χ4v) is 2.41. The van der Waals surface area contributed by atoms with Crippen molar-refractivity contribution in [3.8, 4) is 0 Å². The van der Waals surface area contributed by atoms with Gasteiger partial charge < -0.3 is 21.9 Å². The summed E-state index contributed by atoms with van der Waals surface area (Å²) in [5.41, 5.74) is 12.7. The van der Waals surface area contributed by atoms with Gasteiger partial charge in [0, 0.05) is 18.0 Å². The lowest BCUT2D eigenvalue weighted by Crippen LogP contribution is -2.49. The molecule has 0 aliphatic carbocycles. The number of rotatable bonds is 8. The first kappa shape index (κ1) is 17.8. The molecular formula is C17H22N4O3. The summed E-state index contributed by atoms with van der Waals surface area (Å²) in [6, 6.07) is 7.63. The minimum Gasteiger partial charge on any atom is -0.480 e. The quantitative estimate of drug-likeness (QED) is 0.554. The summed E-state index contributed by atoms with van der Waals surface area (Å²) in [6.45, 7) is 0.437. The molecule has 0 aliphatic rings. The number of pyridine rings is 1. The Kier molecular flexibility index (Phi) is 6.22. The molecule has 1 heterocycles. The molecule has 0 bridgehead atoms. The molecule has 0 radical (unpaired) electrons. The van der Waals surface area contributed by atoms with Crippen LogP contribution in [0.15, 0.2) is 36.5 Å². The first-order valence-corrected chi connectivity index (χ1v) is 7.83. The average Bonchev–Trinajstić information content (AvgIpc) is 2.58. The van der Waals surface area contributed by atoms with Gasteiger partial charge in [-0.25, -0.2) is 4.79 Å². The van der Waals surface area contributed by atoms with E-state index in [1.807, 2.05) is 30.3 Å². The molecule has 7 nitrogen and oxygen atoms in total. The number of para-hydroxylation sites is 1. The molecule has 0 aliphatic heterocycles. The third kappa shape index (κ3) is 4.74. The number of nitrogens with two attached hydrogens (primary N) is 2. The van der Waals surface area contributed by atoms with Crippen molar-refractivity contribution in [3.05, 3.63) is 42.1 Å². The SMILES string of the molecule is NCCC[C@@H](N)C(=O)N[C@@H](Cc1cnc2ccccc2c1)C(=O)O. The van der Waals surface area contributed by atoms with Crippen LogP contribution < -0.4 is 16.8 Å². The van der Waals surface area contributed by atoms with Crippen LogP contribution in [0.1, 0.15) is 18.4 Å². The van der Waals surface area contributed by atoms with E-state index < -0.39 is 24.0 Å². The minimum atomic E-state index is -1.11. The Morgan fingerprint density at radius 2 is 2.04 bits per heavy atom. The zero-order chi connectivity index (χ0) is 17.5. The highest BCUT2D eigenvalue weighted by molar-refractivity contribution is 5.87. The van der Waals surface area contributed by atoms with E-state index in [9.17, 15) is 14.7 Å². The molecule has 1 aromatic heterocycles. The second-order valence-corrected chi connectivity index (χ2v) is 5.68. The van der Waals surface area contributed by atoms with Crippen molar-refractivity contribution in [2.75, 3.05) is 6.54 Å². The molecule has 2 aromatic rings. The maximum absolute atomic E-state index is 12.0. The Labute approximate surface area is 140 Å². The fraction of sp³-hybridized carbons (Fsp3) is 0.353. The predicted octanol–water partition coefficient (Wildman–Crippen LogP) is 0.413. The van der Waals surface area contributed by atoms with Crippen molar-refractivity contribution in [2.24, 2.45) is 11.5 Å². The van der Waals surface area contributed by atoms with Crippen molar-refractivity contribution in [3.63, 3.8) is 0 Å². The minimum absolute atomic E-state index is 0.141. The van der Waals surface area contributed by atoms with E-state index >= 15 is 0 Å². The second kappa shape index (κ2) is 8.37. The maximum Gasteiger partial charge on any atom is 0.326 e. The second-order valence-electron chi connectivity index (χ2n) is 5.68. The molecule has 6 N–H and O–H groups in total. The number of carboxylic acids is 1. The molecule has 0 spiro atoms. The fourth-order valence-electron chi connectivity index (χ4n) is 2.41. The number of hydrogen-bond acceptors (Lipinski definition) is 5. The molecule has 128 valence electrons. The summed E-state index contributed by atoms with van der Waals surface area (Å²) in [7, 11) is 0. The van der Waals surface area contributed by atoms with Gasteiger partial charge in [0.2, 0.25) is 5.91 Å². The molecule has 1 amide bonds. The van der Waals surface area contributed by atoms with Crippen LogP contribution in [-0.4, -0.2) is 40.6 Å². The van der Waals surface area contributed by atoms with Gasteiger partial charge in [-0.2, -0.15) is 0 Å². The summed E-state index contributed by atoms with van der Waals surface area (Å²) in [5.74, 6) is -1.59.